The van der Waals surface area contributed by atoms with Gasteiger partial charge >= 0.3 is 5.97 Å². The number of carboxylic acid groups (broad SMARTS) is 1. The van der Waals surface area contributed by atoms with Crippen molar-refractivity contribution in [1.29, 1.82) is 0 Å². The smallest absolute Gasteiger partial charge is 0.309 e. The summed E-state index contributed by atoms with van der Waals surface area (Å²) < 4.78 is 0. The zero-order chi connectivity index (χ0) is 12.4. The number of allylic oxidation sites excluding steroid dienone is 2. The van der Waals surface area contributed by atoms with Crippen molar-refractivity contribution in [3.05, 3.63) is 11.6 Å². The molecular formula is C15H22O2. The molecule has 3 aliphatic rings. The molecule has 0 radical (unpaired) electrons. The second-order valence-corrected chi connectivity index (χ2v) is 6.71. The highest BCUT2D eigenvalue weighted by molar-refractivity contribution is 5.80. The SMILES string of the molecule is C[C@H]1CCCC2=CC[C@H]3[C@H](C3(C)C(=O)O)[C@@]21C. The molecule has 1 N–H and O–H groups in total. The maximum atomic E-state index is 11.5. The van der Waals surface area contributed by atoms with E-state index in [2.05, 4.69) is 19.9 Å². The van der Waals surface area contributed by atoms with Gasteiger partial charge in [-0.05, 0) is 55.8 Å². The van der Waals surface area contributed by atoms with Gasteiger partial charge in [0, 0.05) is 0 Å². The molecule has 5 atom stereocenters. The van der Waals surface area contributed by atoms with Crippen molar-refractivity contribution in [2.75, 3.05) is 0 Å². The lowest BCUT2D eigenvalue weighted by atomic mass is 9.59. The third kappa shape index (κ3) is 1.14. The van der Waals surface area contributed by atoms with Crippen LogP contribution in [0.25, 0.3) is 0 Å². The molecule has 0 heterocycles. The largest absolute Gasteiger partial charge is 0.481 e. The normalized spacial score (nSPS) is 52.2. The zero-order valence-corrected chi connectivity index (χ0v) is 11.0. The predicted octanol–water partition coefficient (Wildman–Crippen LogP) is 3.48. The Balaban J connectivity index is 2.02. The Labute approximate surface area is 103 Å². The third-order valence-corrected chi connectivity index (χ3v) is 6.23. The molecule has 2 saturated carbocycles. The molecule has 3 rings (SSSR count). The van der Waals surface area contributed by atoms with Crippen LogP contribution in [0.4, 0.5) is 0 Å². The van der Waals surface area contributed by atoms with Gasteiger partial charge in [0.1, 0.15) is 0 Å². The summed E-state index contributed by atoms with van der Waals surface area (Å²) in [5, 5.41) is 9.51. The fourth-order valence-electron chi connectivity index (χ4n) is 4.90. The van der Waals surface area contributed by atoms with Crippen LogP contribution in [0.1, 0.15) is 46.5 Å². The molecule has 0 aromatic rings. The van der Waals surface area contributed by atoms with Crippen molar-refractivity contribution in [1.82, 2.24) is 0 Å². The Kier molecular flexibility index (Phi) is 2.10. The first-order chi connectivity index (χ1) is 7.93. The van der Waals surface area contributed by atoms with Crippen LogP contribution in [0.15, 0.2) is 11.6 Å². The molecule has 2 nitrogen and oxygen atoms in total. The molecule has 94 valence electrons. The summed E-state index contributed by atoms with van der Waals surface area (Å²) in [5.41, 5.74) is 1.26. The molecule has 0 bridgehead atoms. The van der Waals surface area contributed by atoms with Crippen molar-refractivity contribution < 1.29 is 9.90 Å². The van der Waals surface area contributed by atoms with Gasteiger partial charge in [0.25, 0.3) is 0 Å². The number of carboxylic acids is 1. The van der Waals surface area contributed by atoms with Crippen molar-refractivity contribution in [2.45, 2.75) is 46.5 Å². The zero-order valence-electron chi connectivity index (χ0n) is 11.0. The summed E-state index contributed by atoms with van der Waals surface area (Å²) in [6.45, 7) is 6.61. The fourth-order valence-corrected chi connectivity index (χ4v) is 4.90. The first-order valence-corrected chi connectivity index (χ1v) is 6.86. The van der Waals surface area contributed by atoms with E-state index in [1.165, 1.54) is 19.3 Å². The first-order valence-electron chi connectivity index (χ1n) is 6.86. The molecule has 2 fully saturated rings. The van der Waals surface area contributed by atoms with Gasteiger partial charge in [0.2, 0.25) is 0 Å². The van der Waals surface area contributed by atoms with Crippen molar-refractivity contribution in [3.8, 4) is 0 Å². The Morgan fingerprint density at radius 2 is 2.18 bits per heavy atom. The van der Waals surface area contributed by atoms with Gasteiger partial charge in [-0.15, -0.1) is 0 Å². The van der Waals surface area contributed by atoms with E-state index in [-0.39, 0.29) is 5.41 Å². The maximum absolute atomic E-state index is 11.5. The van der Waals surface area contributed by atoms with Crippen molar-refractivity contribution in [3.63, 3.8) is 0 Å². The van der Waals surface area contributed by atoms with Gasteiger partial charge in [-0.3, -0.25) is 4.79 Å². The van der Waals surface area contributed by atoms with E-state index < -0.39 is 11.4 Å². The van der Waals surface area contributed by atoms with E-state index in [0.29, 0.717) is 17.8 Å². The molecule has 0 aromatic heterocycles. The average Bonchev–Trinajstić information content (AvgIpc) is 2.90. The summed E-state index contributed by atoms with van der Waals surface area (Å²) in [4.78, 5) is 11.5. The Hall–Kier alpha value is -0.790. The van der Waals surface area contributed by atoms with Crippen LogP contribution in [0.5, 0.6) is 0 Å². The second-order valence-electron chi connectivity index (χ2n) is 6.71. The van der Waals surface area contributed by atoms with Gasteiger partial charge < -0.3 is 5.11 Å². The molecule has 0 saturated heterocycles. The molecule has 0 spiro atoms. The van der Waals surface area contributed by atoms with E-state index in [9.17, 15) is 9.90 Å². The minimum absolute atomic E-state index is 0.161. The number of hydrogen-bond acceptors (Lipinski definition) is 1. The molecule has 3 aliphatic carbocycles. The fraction of sp³-hybridized carbons (Fsp3) is 0.800. The van der Waals surface area contributed by atoms with Gasteiger partial charge in [-0.1, -0.05) is 25.5 Å². The van der Waals surface area contributed by atoms with Crippen LogP contribution in [-0.2, 0) is 4.79 Å². The van der Waals surface area contributed by atoms with Gasteiger partial charge in [0.05, 0.1) is 5.41 Å². The van der Waals surface area contributed by atoms with Crippen LogP contribution in [-0.4, -0.2) is 11.1 Å². The molecule has 17 heavy (non-hydrogen) atoms. The van der Waals surface area contributed by atoms with E-state index in [1.807, 2.05) is 6.92 Å². The topological polar surface area (TPSA) is 37.3 Å². The Bertz CT molecular complexity index is 411. The lowest BCUT2D eigenvalue weighted by Gasteiger charge is -2.45. The number of carbonyl (C=O) groups is 1. The van der Waals surface area contributed by atoms with E-state index >= 15 is 0 Å². The summed E-state index contributed by atoms with van der Waals surface area (Å²) in [6.07, 6.45) is 7.09. The summed E-state index contributed by atoms with van der Waals surface area (Å²) in [6, 6.07) is 0. The van der Waals surface area contributed by atoms with Gasteiger partial charge in [-0.2, -0.15) is 0 Å². The molecule has 1 unspecified atom stereocenters. The van der Waals surface area contributed by atoms with E-state index in [4.69, 9.17) is 0 Å². The molecule has 0 aromatic carbocycles. The van der Waals surface area contributed by atoms with E-state index in [1.54, 1.807) is 5.57 Å². The lowest BCUT2D eigenvalue weighted by molar-refractivity contribution is -0.144. The maximum Gasteiger partial charge on any atom is 0.309 e. The highest BCUT2D eigenvalue weighted by Gasteiger charge is 2.74. The number of hydrogen-bond donors (Lipinski definition) is 1. The monoisotopic (exact) mass is 234 g/mol. The highest BCUT2D eigenvalue weighted by atomic mass is 16.4. The molecular weight excluding hydrogens is 212 g/mol. The minimum atomic E-state index is -0.582. The standard InChI is InChI=1S/C15H22O2/c1-9-5-4-6-10-7-8-11-12(14(9,10)2)15(11,3)13(16)17/h7,9,11-12H,4-6,8H2,1-3H3,(H,16,17)/t9-,11-,12-,14+,15?/m0/s1. The van der Waals surface area contributed by atoms with E-state index in [0.717, 1.165) is 6.42 Å². The van der Waals surface area contributed by atoms with Gasteiger partial charge in [0.15, 0.2) is 0 Å². The molecule has 0 amide bonds. The summed E-state index contributed by atoms with van der Waals surface area (Å²) >= 11 is 0. The molecule has 0 aliphatic heterocycles. The van der Waals surface area contributed by atoms with Crippen LogP contribution >= 0.6 is 0 Å². The predicted molar refractivity (Wildman–Crippen MR) is 66.5 cm³/mol. The van der Waals surface area contributed by atoms with Crippen molar-refractivity contribution >= 4 is 5.97 Å². The highest BCUT2D eigenvalue weighted by Crippen LogP contribution is 2.74. The summed E-state index contributed by atoms with van der Waals surface area (Å²) in [7, 11) is 0. The van der Waals surface area contributed by atoms with Crippen molar-refractivity contribution in [2.24, 2.45) is 28.6 Å². The van der Waals surface area contributed by atoms with Crippen LogP contribution < -0.4 is 0 Å². The van der Waals surface area contributed by atoms with Crippen LogP contribution in [0.3, 0.4) is 0 Å². The first kappa shape index (κ1) is 11.3. The quantitative estimate of drug-likeness (QED) is 0.705. The Morgan fingerprint density at radius 3 is 2.82 bits per heavy atom. The van der Waals surface area contributed by atoms with Crippen LogP contribution in [0.2, 0.25) is 0 Å². The second kappa shape index (κ2) is 3.15. The number of aliphatic carboxylic acids is 1. The Morgan fingerprint density at radius 1 is 1.47 bits per heavy atom. The van der Waals surface area contributed by atoms with Gasteiger partial charge in [-0.25, -0.2) is 0 Å². The average molecular weight is 234 g/mol. The molecule has 2 heteroatoms. The lowest BCUT2D eigenvalue weighted by Crippen LogP contribution is -2.37. The minimum Gasteiger partial charge on any atom is -0.481 e. The number of rotatable bonds is 1. The third-order valence-electron chi connectivity index (χ3n) is 6.23. The van der Waals surface area contributed by atoms with Crippen LogP contribution in [0, 0.1) is 28.6 Å². The summed E-state index contributed by atoms with van der Waals surface area (Å²) in [5.74, 6) is 0.815. The number of fused-ring (bicyclic) bond motifs is 3.